The van der Waals surface area contributed by atoms with Gasteiger partial charge < -0.3 is 20.1 Å². The Morgan fingerprint density at radius 2 is 2.20 bits per heavy atom. The van der Waals surface area contributed by atoms with E-state index in [1.807, 2.05) is 14.1 Å². The maximum absolute atomic E-state index is 11.8. The van der Waals surface area contributed by atoms with Crippen LogP contribution in [0.15, 0.2) is 21.7 Å². The molecule has 2 N–H and O–H groups in total. The lowest BCUT2D eigenvalue weighted by Crippen LogP contribution is -2.39. The van der Waals surface area contributed by atoms with E-state index in [-0.39, 0.29) is 11.8 Å². The first-order chi connectivity index (χ1) is 12.0. The van der Waals surface area contributed by atoms with Crippen molar-refractivity contribution < 1.29 is 4.79 Å². The standard InChI is InChI=1S/C18H30BrN5O/c1-4-20-18(24(3)13-16-11-15(19)12-23(16)2)22-10-6-9-21-17(25)14-7-5-8-14/h11-12,14H,4-10,13H2,1-3H3,(H,20,22)(H,21,25). The Morgan fingerprint density at radius 3 is 2.76 bits per heavy atom. The molecule has 0 aromatic carbocycles. The third kappa shape index (κ3) is 6.06. The van der Waals surface area contributed by atoms with Crippen molar-refractivity contribution in [3.8, 4) is 0 Å². The summed E-state index contributed by atoms with van der Waals surface area (Å²) in [6.07, 6.45) is 6.20. The summed E-state index contributed by atoms with van der Waals surface area (Å²) in [5.41, 5.74) is 1.22. The molecule has 0 spiro atoms. The SMILES string of the molecule is CCNC(=NCCCNC(=O)C1CCC1)N(C)Cc1cc(Br)cn1C. The maximum Gasteiger partial charge on any atom is 0.223 e. The number of nitrogens with zero attached hydrogens (tertiary/aromatic N) is 3. The van der Waals surface area contributed by atoms with E-state index >= 15 is 0 Å². The molecule has 140 valence electrons. The summed E-state index contributed by atoms with van der Waals surface area (Å²) < 4.78 is 3.20. The zero-order valence-corrected chi connectivity index (χ0v) is 17.1. The van der Waals surface area contributed by atoms with Gasteiger partial charge in [0.1, 0.15) is 0 Å². The molecule has 1 aromatic heterocycles. The number of aromatic nitrogens is 1. The van der Waals surface area contributed by atoms with E-state index < -0.39 is 0 Å². The molecule has 25 heavy (non-hydrogen) atoms. The molecular weight excluding hydrogens is 382 g/mol. The second kappa shape index (κ2) is 9.85. The van der Waals surface area contributed by atoms with Crippen LogP contribution in [-0.4, -0.2) is 48.0 Å². The van der Waals surface area contributed by atoms with Crippen LogP contribution in [0.25, 0.3) is 0 Å². The molecule has 2 rings (SSSR count). The van der Waals surface area contributed by atoms with E-state index in [0.717, 1.165) is 42.8 Å². The smallest absolute Gasteiger partial charge is 0.223 e. The Labute approximate surface area is 159 Å². The molecule has 7 heteroatoms. The minimum absolute atomic E-state index is 0.216. The highest BCUT2D eigenvalue weighted by molar-refractivity contribution is 9.10. The van der Waals surface area contributed by atoms with Gasteiger partial charge in [-0.2, -0.15) is 0 Å². The molecule has 1 amide bonds. The van der Waals surface area contributed by atoms with Crippen molar-refractivity contribution in [2.75, 3.05) is 26.7 Å². The third-order valence-corrected chi connectivity index (χ3v) is 4.98. The van der Waals surface area contributed by atoms with Crippen LogP contribution in [-0.2, 0) is 18.4 Å². The summed E-state index contributed by atoms with van der Waals surface area (Å²) in [5, 5.41) is 6.35. The first kappa shape index (κ1) is 19.8. The predicted octanol–water partition coefficient (Wildman–Crippen LogP) is 2.49. The number of carbonyl (C=O) groups is 1. The lowest BCUT2D eigenvalue weighted by atomic mass is 9.85. The number of hydrogen-bond acceptors (Lipinski definition) is 2. The summed E-state index contributed by atoms with van der Waals surface area (Å²) >= 11 is 3.51. The fraction of sp³-hybridized carbons (Fsp3) is 0.667. The molecule has 0 atom stereocenters. The lowest BCUT2D eigenvalue weighted by molar-refractivity contribution is -0.127. The molecule has 6 nitrogen and oxygen atoms in total. The fourth-order valence-electron chi connectivity index (χ4n) is 2.80. The normalized spacial score (nSPS) is 15.0. The second-order valence-corrected chi connectivity index (χ2v) is 7.54. The van der Waals surface area contributed by atoms with Gasteiger partial charge in [-0.15, -0.1) is 0 Å². The van der Waals surface area contributed by atoms with Gasteiger partial charge in [0, 0.05) is 56.0 Å². The Morgan fingerprint density at radius 1 is 1.44 bits per heavy atom. The van der Waals surface area contributed by atoms with Gasteiger partial charge in [0.05, 0.1) is 6.54 Å². The first-order valence-corrected chi connectivity index (χ1v) is 9.88. The quantitative estimate of drug-likeness (QED) is 0.392. The van der Waals surface area contributed by atoms with Crippen LogP contribution in [0.5, 0.6) is 0 Å². The number of guanidine groups is 1. The zero-order chi connectivity index (χ0) is 18.2. The average Bonchev–Trinajstić information content (AvgIpc) is 2.81. The van der Waals surface area contributed by atoms with Crippen LogP contribution in [0, 0.1) is 5.92 Å². The molecular formula is C18H30BrN5O. The van der Waals surface area contributed by atoms with Crippen LogP contribution in [0.4, 0.5) is 0 Å². The van der Waals surface area contributed by atoms with Gasteiger partial charge in [-0.05, 0) is 48.2 Å². The van der Waals surface area contributed by atoms with Crippen LogP contribution >= 0.6 is 15.9 Å². The highest BCUT2D eigenvalue weighted by Crippen LogP contribution is 2.26. The summed E-state index contributed by atoms with van der Waals surface area (Å²) in [6, 6.07) is 2.12. The molecule has 1 aliphatic carbocycles. The Balaban J connectivity index is 1.78. The molecule has 1 aliphatic rings. The van der Waals surface area contributed by atoms with Crippen molar-refractivity contribution in [3.05, 3.63) is 22.4 Å². The van der Waals surface area contributed by atoms with E-state index in [9.17, 15) is 4.79 Å². The molecule has 1 fully saturated rings. The Bertz CT molecular complexity index is 594. The van der Waals surface area contributed by atoms with Gasteiger partial charge in [0.15, 0.2) is 5.96 Å². The van der Waals surface area contributed by atoms with Crippen molar-refractivity contribution >= 4 is 27.8 Å². The van der Waals surface area contributed by atoms with Gasteiger partial charge in [-0.25, -0.2) is 0 Å². The monoisotopic (exact) mass is 411 g/mol. The van der Waals surface area contributed by atoms with Crippen LogP contribution < -0.4 is 10.6 Å². The number of carbonyl (C=O) groups excluding carboxylic acids is 1. The molecule has 0 radical (unpaired) electrons. The van der Waals surface area contributed by atoms with E-state index in [1.54, 1.807) is 0 Å². The van der Waals surface area contributed by atoms with Gasteiger partial charge in [-0.3, -0.25) is 9.79 Å². The molecule has 1 aromatic rings. The van der Waals surface area contributed by atoms with Crippen molar-refractivity contribution in [3.63, 3.8) is 0 Å². The van der Waals surface area contributed by atoms with Crippen molar-refractivity contribution in [2.45, 2.75) is 39.2 Å². The van der Waals surface area contributed by atoms with E-state index in [2.05, 4.69) is 60.2 Å². The van der Waals surface area contributed by atoms with Crippen LogP contribution in [0.3, 0.4) is 0 Å². The Kier molecular flexibility index (Phi) is 7.81. The number of halogens is 1. The number of nitrogens with one attached hydrogen (secondary N) is 2. The van der Waals surface area contributed by atoms with Gasteiger partial charge in [0.25, 0.3) is 0 Å². The highest BCUT2D eigenvalue weighted by Gasteiger charge is 2.24. The number of rotatable bonds is 8. The highest BCUT2D eigenvalue weighted by atomic mass is 79.9. The lowest BCUT2D eigenvalue weighted by Gasteiger charge is -2.24. The molecule has 0 saturated heterocycles. The summed E-state index contributed by atoms with van der Waals surface area (Å²) in [5.74, 6) is 1.37. The Hall–Kier alpha value is -1.50. The van der Waals surface area contributed by atoms with Gasteiger partial charge in [0.2, 0.25) is 5.91 Å². The molecule has 0 aliphatic heterocycles. The third-order valence-electron chi connectivity index (χ3n) is 4.54. The number of aryl methyl sites for hydroxylation is 1. The van der Waals surface area contributed by atoms with Gasteiger partial charge >= 0.3 is 0 Å². The molecule has 0 unspecified atom stereocenters. The summed E-state index contributed by atoms with van der Waals surface area (Å²) in [6.45, 7) is 5.09. The summed E-state index contributed by atoms with van der Waals surface area (Å²) in [4.78, 5) is 18.6. The fourth-order valence-corrected chi connectivity index (χ4v) is 3.37. The van der Waals surface area contributed by atoms with Crippen molar-refractivity contribution in [1.29, 1.82) is 0 Å². The number of amides is 1. The average molecular weight is 412 g/mol. The van der Waals surface area contributed by atoms with Crippen molar-refractivity contribution in [1.82, 2.24) is 20.1 Å². The first-order valence-electron chi connectivity index (χ1n) is 9.09. The van der Waals surface area contributed by atoms with E-state index in [0.29, 0.717) is 13.1 Å². The second-order valence-electron chi connectivity index (χ2n) is 6.62. The van der Waals surface area contributed by atoms with E-state index in [1.165, 1.54) is 12.1 Å². The number of aliphatic imine (C=N–C) groups is 1. The zero-order valence-electron chi connectivity index (χ0n) is 15.5. The largest absolute Gasteiger partial charge is 0.357 e. The van der Waals surface area contributed by atoms with E-state index in [4.69, 9.17) is 0 Å². The van der Waals surface area contributed by atoms with Crippen molar-refractivity contribution in [2.24, 2.45) is 18.0 Å². The van der Waals surface area contributed by atoms with Crippen LogP contribution in [0.2, 0.25) is 0 Å². The summed E-state index contributed by atoms with van der Waals surface area (Å²) in [7, 11) is 4.09. The van der Waals surface area contributed by atoms with Gasteiger partial charge in [-0.1, -0.05) is 6.42 Å². The molecule has 0 bridgehead atoms. The number of hydrogen-bond donors (Lipinski definition) is 2. The predicted molar refractivity (Wildman–Crippen MR) is 106 cm³/mol. The molecule has 1 heterocycles. The topological polar surface area (TPSA) is 61.7 Å². The minimum atomic E-state index is 0.216. The minimum Gasteiger partial charge on any atom is -0.357 e. The van der Waals surface area contributed by atoms with Crippen LogP contribution in [0.1, 0.15) is 38.3 Å². The molecule has 1 saturated carbocycles. The maximum atomic E-state index is 11.8.